The third-order valence-corrected chi connectivity index (χ3v) is 12.4. The van der Waals surface area contributed by atoms with Crippen molar-refractivity contribution < 1.29 is 9.90 Å². The normalized spacial score (nSPS) is 12.1. The average molecular weight is 367 g/mol. The molecule has 0 radical (unpaired) electrons. The Balaban J connectivity index is 2.46. The van der Waals surface area contributed by atoms with E-state index in [1.807, 2.05) is 17.5 Å². The Labute approximate surface area is 153 Å². The zero-order valence-electron chi connectivity index (χ0n) is 14.7. The van der Waals surface area contributed by atoms with Crippen LogP contribution in [0.2, 0.25) is 5.04 Å². The number of hydrogen-bond donors (Lipinski definition) is 1. The van der Waals surface area contributed by atoms with Gasteiger partial charge in [-0.2, -0.15) is 11.3 Å². The Morgan fingerprint density at radius 3 is 1.76 bits per heavy atom. The SMILES string of the molecule is CC(C)(C)[Si](c1ccccc1)(c1ccccc1)c1sccc1C(=O)O. The summed E-state index contributed by atoms with van der Waals surface area (Å²) in [5.74, 6) is -0.843. The predicted molar refractivity (Wildman–Crippen MR) is 109 cm³/mol. The van der Waals surface area contributed by atoms with E-state index in [9.17, 15) is 9.90 Å². The van der Waals surface area contributed by atoms with Gasteiger partial charge in [0.2, 0.25) is 0 Å². The van der Waals surface area contributed by atoms with Crippen LogP contribution in [0.25, 0.3) is 0 Å². The second-order valence-corrected chi connectivity index (χ2v) is 13.1. The van der Waals surface area contributed by atoms with Gasteiger partial charge in [-0.1, -0.05) is 81.4 Å². The van der Waals surface area contributed by atoms with E-state index < -0.39 is 14.0 Å². The Morgan fingerprint density at radius 2 is 1.36 bits per heavy atom. The molecule has 0 amide bonds. The van der Waals surface area contributed by atoms with Crippen LogP contribution in [-0.2, 0) is 0 Å². The van der Waals surface area contributed by atoms with Crippen LogP contribution in [0.1, 0.15) is 31.1 Å². The molecule has 0 unspecified atom stereocenters. The van der Waals surface area contributed by atoms with Crippen molar-refractivity contribution in [2.45, 2.75) is 25.8 Å². The monoisotopic (exact) mass is 366 g/mol. The summed E-state index contributed by atoms with van der Waals surface area (Å²) < 4.78 is 1.02. The molecular formula is C21H22O2SSi. The second kappa shape index (κ2) is 6.62. The van der Waals surface area contributed by atoms with Crippen molar-refractivity contribution in [2.75, 3.05) is 0 Å². The lowest BCUT2D eigenvalue weighted by atomic mass is 10.2. The van der Waals surface area contributed by atoms with Crippen molar-refractivity contribution in [3.8, 4) is 0 Å². The summed E-state index contributed by atoms with van der Waals surface area (Å²) >= 11 is 1.58. The summed E-state index contributed by atoms with van der Waals surface area (Å²) in [5, 5.41) is 14.1. The van der Waals surface area contributed by atoms with Gasteiger partial charge in [-0.3, -0.25) is 0 Å². The highest BCUT2D eigenvalue weighted by molar-refractivity contribution is 7.33. The standard InChI is InChI=1S/C21H22O2SSi/c1-21(2,3)25(16-10-6-4-7-11-16,17-12-8-5-9-13-17)20-18(19(22)23)14-15-24-20/h4-15H,1-3H3,(H,22,23). The molecule has 0 bridgehead atoms. The summed E-state index contributed by atoms with van der Waals surface area (Å²) in [6.45, 7) is 6.72. The fraction of sp³-hybridized carbons (Fsp3) is 0.190. The summed E-state index contributed by atoms with van der Waals surface area (Å²) in [5.41, 5.74) is 0.444. The molecule has 3 rings (SSSR count). The Hall–Kier alpha value is -2.17. The van der Waals surface area contributed by atoms with Crippen LogP contribution in [-0.4, -0.2) is 19.1 Å². The number of rotatable bonds is 4. The van der Waals surface area contributed by atoms with Gasteiger partial charge in [0.15, 0.2) is 8.07 Å². The molecule has 1 aromatic heterocycles. The maximum absolute atomic E-state index is 11.9. The smallest absolute Gasteiger partial charge is 0.336 e. The number of carboxylic acid groups (broad SMARTS) is 1. The average Bonchev–Trinajstić information content (AvgIpc) is 3.06. The molecule has 4 heteroatoms. The zero-order valence-corrected chi connectivity index (χ0v) is 16.5. The molecule has 2 aromatic carbocycles. The maximum atomic E-state index is 11.9. The summed E-state index contributed by atoms with van der Waals surface area (Å²) in [4.78, 5) is 11.9. The summed E-state index contributed by atoms with van der Waals surface area (Å²) in [6.07, 6.45) is 0. The van der Waals surface area contributed by atoms with E-state index >= 15 is 0 Å². The first-order chi connectivity index (χ1) is 11.9. The molecule has 0 aliphatic rings. The van der Waals surface area contributed by atoms with Gasteiger partial charge in [0.25, 0.3) is 0 Å². The molecular weight excluding hydrogens is 344 g/mol. The highest BCUT2D eigenvalue weighted by Gasteiger charge is 2.51. The van der Waals surface area contributed by atoms with Gasteiger partial charge in [-0.05, 0) is 26.9 Å². The fourth-order valence-electron chi connectivity index (χ4n) is 3.78. The van der Waals surface area contributed by atoms with Gasteiger partial charge in [0, 0.05) is 4.50 Å². The third kappa shape index (κ3) is 2.85. The van der Waals surface area contributed by atoms with Gasteiger partial charge < -0.3 is 5.11 Å². The van der Waals surface area contributed by atoms with E-state index in [0.29, 0.717) is 5.56 Å². The van der Waals surface area contributed by atoms with Crippen LogP contribution >= 0.6 is 11.3 Å². The Kier molecular flexibility index (Phi) is 4.67. The lowest BCUT2D eigenvalue weighted by Gasteiger charge is -2.43. The van der Waals surface area contributed by atoms with E-state index in [0.717, 1.165) is 4.50 Å². The largest absolute Gasteiger partial charge is 0.478 e. The molecule has 3 aromatic rings. The van der Waals surface area contributed by atoms with Gasteiger partial charge in [-0.25, -0.2) is 4.79 Å². The molecule has 2 nitrogen and oxygen atoms in total. The van der Waals surface area contributed by atoms with Gasteiger partial charge >= 0.3 is 5.97 Å². The number of thiophene rings is 1. The Morgan fingerprint density at radius 1 is 0.880 bits per heavy atom. The van der Waals surface area contributed by atoms with Crippen LogP contribution in [0.4, 0.5) is 0 Å². The van der Waals surface area contributed by atoms with Crippen molar-refractivity contribution in [2.24, 2.45) is 0 Å². The predicted octanol–water partition coefficient (Wildman–Crippen LogP) is 3.72. The van der Waals surface area contributed by atoms with Gasteiger partial charge in [0.1, 0.15) is 0 Å². The van der Waals surface area contributed by atoms with Crippen molar-refractivity contribution in [3.63, 3.8) is 0 Å². The first kappa shape index (κ1) is 17.6. The minimum Gasteiger partial charge on any atom is -0.478 e. The highest BCUT2D eigenvalue weighted by atomic mass is 32.1. The van der Waals surface area contributed by atoms with Crippen molar-refractivity contribution in [3.05, 3.63) is 77.7 Å². The van der Waals surface area contributed by atoms with Crippen molar-refractivity contribution in [1.82, 2.24) is 0 Å². The van der Waals surface area contributed by atoms with Crippen LogP contribution < -0.4 is 14.9 Å². The minimum atomic E-state index is -2.54. The molecule has 1 N–H and O–H groups in total. The topological polar surface area (TPSA) is 37.3 Å². The number of carbonyl (C=O) groups is 1. The van der Waals surface area contributed by atoms with E-state index in [1.54, 1.807) is 17.4 Å². The first-order valence-corrected chi connectivity index (χ1v) is 11.2. The summed E-state index contributed by atoms with van der Waals surface area (Å²) in [7, 11) is -2.54. The first-order valence-electron chi connectivity index (χ1n) is 8.31. The fourth-order valence-corrected chi connectivity index (χ4v) is 12.2. The molecule has 0 atom stereocenters. The molecule has 128 valence electrons. The van der Waals surface area contributed by atoms with Crippen LogP contribution in [0.5, 0.6) is 0 Å². The Bertz CT molecular complexity index is 824. The van der Waals surface area contributed by atoms with Gasteiger partial charge in [0.05, 0.1) is 5.56 Å². The molecule has 1 heterocycles. The van der Waals surface area contributed by atoms with Crippen molar-refractivity contribution in [1.29, 1.82) is 0 Å². The molecule has 0 saturated carbocycles. The molecule has 0 fully saturated rings. The van der Waals surface area contributed by atoms with E-state index in [4.69, 9.17) is 0 Å². The lowest BCUT2D eigenvalue weighted by molar-refractivity contribution is 0.0698. The maximum Gasteiger partial charge on any atom is 0.336 e. The van der Waals surface area contributed by atoms with Crippen LogP contribution in [0.15, 0.2) is 72.1 Å². The minimum absolute atomic E-state index is 0.0925. The number of hydrogen-bond acceptors (Lipinski definition) is 2. The van der Waals surface area contributed by atoms with E-state index in [1.165, 1.54) is 10.4 Å². The van der Waals surface area contributed by atoms with E-state index in [2.05, 4.69) is 69.3 Å². The third-order valence-electron chi connectivity index (χ3n) is 4.77. The molecule has 0 saturated heterocycles. The molecule has 0 spiro atoms. The molecule has 0 aliphatic heterocycles. The van der Waals surface area contributed by atoms with Gasteiger partial charge in [-0.15, -0.1) is 0 Å². The van der Waals surface area contributed by atoms with Crippen molar-refractivity contribution >= 4 is 40.3 Å². The molecule has 0 aliphatic carbocycles. The highest BCUT2D eigenvalue weighted by Crippen LogP contribution is 2.37. The number of carboxylic acids is 1. The number of benzene rings is 2. The van der Waals surface area contributed by atoms with Crippen LogP contribution in [0, 0.1) is 0 Å². The lowest BCUT2D eigenvalue weighted by Crippen LogP contribution is -2.72. The summed E-state index contributed by atoms with van der Waals surface area (Å²) in [6, 6.07) is 22.7. The zero-order chi connectivity index (χ0) is 18.1. The second-order valence-electron chi connectivity index (χ2n) is 7.20. The number of aromatic carboxylic acids is 1. The van der Waals surface area contributed by atoms with Crippen LogP contribution in [0.3, 0.4) is 0 Å². The van der Waals surface area contributed by atoms with E-state index in [-0.39, 0.29) is 5.04 Å². The quantitative estimate of drug-likeness (QED) is 0.715. The molecule has 25 heavy (non-hydrogen) atoms.